The van der Waals surface area contributed by atoms with Gasteiger partial charge in [0.15, 0.2) is 15.5 Å². The predicted octanol–water partition coefficient (Wildman–Crippen LogP) is 1.17. The van der Waals surface area contributed by atoms with Crippen LogP contribution in [0.1, 0.15) is 70.3 Å². The van der Waals surface area contributed by atoms with Crippen molar-refractivity contribution in [1.82, 2.24) is 20.0 Å². The number of nitriles is 1. The zero-order valence-electron chi connectivity index (χ0n) is 20.1. The second-order valence-electron chi connectivity index (χ2n) is 10.1. The number of aliphatic hydroxyl groups excluding tert-OH is 1. The molecule has 11 heteroatoms. The van der Waals surface area contributed by atoms with Gasteiger partial charge in [0, 0.05) is 25.2 Å². The summed E-state index contributed by atoms with van der Waals surface area (Å²) in [5.74, 6) is -0.788. The zero-order valence-corrected chi connectivity index (χ0v) is 20.9. The summed E-state index contributed by atoms with van der Waals surface area (Å²) in [5, 5.41) is 25.9. The number of hydrogen-bond donors (Lipinski definition) is 2. The molecule has 0 saturated heterocycles. The van der Waals surface area contributed by atoms with Crippen LogP contribution in [0.3, 0.4) is 0 Å². The highest BCUT2D eigenvalue weighted by molar-refractivity contribution is 7.94. The number of nitrogens with zero attached hydrogens (tertiary/aromatic N) is 4. The summed E-state index contributed by atoms with van der Waals surface area (Å²) in [7, 11) is -3.27. The fourth-order valence-electron chi connectivity index (χ4n) is 4.90. The lowest BCUT2D eigenvalue weighted by Gasteiger charge is -2.31. The fraction of sp³-hybridized carbons (Fsp3) is 0.520. The van der Waals surface area contributed by atoms with Crippen LogP contribution in [-0.4, -0.2) is 69.2 Å². The summed E-state index contributed by atoms with van der Waals surface area (Å²) >= 11 is 0. The Hall–Kier alpha value is -3.23. The number of aromatic nitrogens is 2. The van der Waals surface area contributed by atoms with Gasteiger partial charge in [-0.2, -0.15) is 10.4 Å². The summed E-state index contributed by atoms with van der Waals surface area (Å²) in [4.78, 5) is 28.2. The van der Waals surface area contributed by atoms with Crippen LogP contribution in [0, 0.1) is 11.3 Å². The van der Waals surface area contributed by atoms with E-state index in [0.29, 0.717) is 49.8 Å². The second kappa shape index (κ2) is 9.01. The summed E-state index contributed by atoms with van der Waals surface area (Å²) in [5.41, 5.74) is 2.24. The molecular weight excluding hydrogens is 482 g/mol. The molecule has 10 nitrogen and oxygen atoms in total. The number of aliphatic hydroxyl groups is 1. The monoisotopic (exact) mass is 511 g/mol. The number of benzene rings is 1. The summed E-state index contributed by atoms with van der Waals surface area (Å²) in [6.45, 7) is 2.31. The summed E-state index contributed by atoms with van der Waals surface area (Å²) < 4.78 is 26.5. The Bertz CT molecular complexity index is 1350. The Morgan fingerprint density at radius 1 is 1.31 bits per heavy atom. The molecule has 0 radical (unpaired) electrons. The summed E-state index contributed by atoms with van der Waals surface area (Å²) in [6.07, 6.45) is 2.11. The SMILES string of the molecule is C[C@H](O)Cn1nc(C(=O)NCc2ccc(C#N)cc2)c2c1C(=O)N(CC1(S(=O)(=O)C3CC3)CC1)CC2. The number of rotatable bonds is 9. The lowest BCUT2D eigenvalue weighted by molar-refractivity contribution is 0.0717. The quantitative estimate of drug-likeness (QED) is 0.514. The van der Waals surface area contributed by atoms with Crippen molar-refractivity contribution in [2.75, 3.05) is 13.1 Å². The molecule has 2 amide bonds. The standard InChI is InChI=1S/C25H29N5O5S/c1-16(31)14-30-22-20(21(28-30)23(32)27-13-18-4-2-17(12-26)3-5-18)8-11-29(24(22)33)15-25(9-10-25)36(34,35)19-6-7-19/h2-5,16,19,31H,6-11,13-15H2,1H3,(H,27,32)/t16-/m0/s1. The average molecular weight is 512 g/mol. The molecule has 2 saturated carbocycles. The minimum Gasteiger partial charge on any atom is -0.391 e. The van der Waals surface area contributed by atoms with Gasteiger partial charge in [0.2, 0.25) is 0 Å². The van der Waals surface area contributed by atoms with Gasteiger partial charge in [0.25, 0.3) is 11.8 Å². The molecule has 190 valence electrons. The lowest BCUT2D eigenvalue weighted by Crippen LogP contribution is -2.47. The Morgan fingerprint density at radius 2 is 2.00 bits per heavy atom. The van der Waals surface area contributed by atoms with Gasteiger partial charge in [-0.1, -0.05) is 12.1 Å². The first-order chi connectivity index (χ1) is 17.1. The first-order valence-electron chi connectivity index (χ1n) is 12.2. The number of carbonyl (C=O) groups excluding carboxylic acids is 2. The molecule has 1 atom stereocenters. The van der Waals surface area contributed by atoms with Gasteiger partial charge in [0.05, 0.1) is 34.3 Å². The topological polar surface area (TPSA) is 145 Å². The van der Waals surface area contributed by atoms with Crippen LogP contribution in [0.5, 0.6) is 0 Å². The third kappa shape index (κ3) is 4.40. The van der Waals surface area contributed by atoms with Crippen molar-refractivity contribution in [1.29, 1.82) is 5.26 Å². The number of carbonyl (C=O) groups is 2. The third-order valence-electron chi connectivity index (χ3n) is 7.21. The van der Waals surface area contributed by atoms with Gasteiger partial charge in [-0.3, -0.25) is 14.3 Å². The first-order valence-corrected chi connectivity index (χ1v) is 13.8. The highest BCUT2D eigenvalue weighted by Gasteiger charge is 2.60. The minimum absolute atomic E-state index is 0.0380. The van der Waals surface area contributed by atoms with Crippen molar-refractivity contribution < 1.29 is 23.1 Å². The third-order valence-corrected chi connectivity index (χ3v) is 10.3. The average Bonchev–Trinajstić information content (AvgIpc) is 3.77. The minimum atomic E-state index is -3.27. The van der Waals surface area contributed by atoms with E-state index < -0.39 is 26.6 Å². The van der Waals surface area contributed by atoms with E-state index >= 15 is 0 Å². The largest absolute Gasteiger partial charge is 0.391 e. The van der Waals surface area contributed by atoms with E-state index in [9.17, 15) is 23.1 Å². The van der Waals surface area contributed by atoms with E-state index in [1.54, 1.807) is 36.1 Å². The van der Waals surface area contributed by atoms with Crippen molar-refractivity contribution in [2.45, 2.75) is 68.2 Å². The molecule has 2 heterocycles. The molecular formula is C25H29N5O5S. The summed E-state index contributed by atoms with van der Waals surface area (Å²) in [6, 6.07) is 8.90. The molecule has 1 aliphatic heterocycles. The van der Waals surface area contributed by atoms with Crippen molar-refractivity contribution in [3.63, 3.8) is 0 Å². The van der Waals surface area contributed by atoms with Gasteiger partial charge < -0.3 is 15.3 Å². The number of sulfone groups is 1. The van der Waals surface area contributed by atoms with Crippen molar-refractivity contribution in [3.05, 3.63) is 52.3 Å². The molecule has 2 N–H and O–H groups in total. The van der Waals surface area contributed by atoms with Gasteiger partial charge in [-0.15, -0.1) is 0 Å². The normalized spacial score (nSPS) is 19.4. The van der Waals surface area contributed by atoms with Crippen molar-refractivity contribution in [2.24, 2.45) is 0 Å². The first kappa shape index (κ1) is 24.5. The number of hydrogen-bond acceptors (Lipinski definition) is 7. The molecule has 2 aromatic rings. The maximum Gasteiger partial charge on any atom is 0.272 e. The Kier molecular flexibility index (Phi) is 6.12. The number of fused-ring (bicyclic) bond motifs is 1. The van der Waals surface area contributed by atoms with E-state index in [1.807, 2.05) is 6.07 Å². The van der Waals surface area contributed by atoms with Gasteiger partial charge in [-0.05, 0) is 56.7 Å². The number of nitrogens with one attached hydrogen (secondary N) is 1. The van der Waals surface area contributed by atoms with Crippen LogP contribution in [0.2, 0.25) is 0 Å². The van der Waals surface area contributed by atoms with Crippen LogP contribution in [0.4, 0.5) is 0 Å². The second-order valence-corrected chi connectivity index (χ2v) is 12.7. The smallest absolute Gasteiger partial charge is 0.272 e. The van der Waals surface area contributed by atoms with E-state index in [0.717, 1.165) is 5.56 Å². The van der Waals surface area contributed by atoms with Crippen molar-refractivity contribution >= 4 is 21.7 Å². The molecule has 5 rings (SSSR count). The molecule has 0 spiro atoms. The van der Waals surface area contributed by atoms with Crippen LogP contribution in [0.15, 0.2) is 24.3 Å². The molecule has 36 heavy (non-hydrogen) atoms. The highest BCUT2D eigenvalue weighted by atomic mass is 32.2. The van der Waals surface area contributed by atoms with Crippen molar-refractivity contribution in [3.8, 4) is 6.07 Å². The fourth-order valence-corrected chi connectivity index (χ4v) is 7.37. The number of amides is 2. The van der Waals surface area contributed by atoms with E-state index in [2.05, 4.69) is 10.4 Å². The van der Waals surface area contributed by atoms with Crippen LogP contribution in [-0.2, 0) is 29.3 Å². The van der Waals surface area contributed by atoms with E-state index in [1.165, 1.54) is 4.68 Å². The maximum atomic E-state index is 13.5. The zero-order chi connectivity index (χ0) is 25.7. The predicted molar refractivity (Wildman–Crippen MR) is 130 cm³/mol. The molecule has 1 aromatic heterocycles. The Morgan fingerprint density at radius 3 is 2.58 bits per heavy atom. The van der Waals surface area contributed by atoms with Crippen LogP contribution < -0.4 is 5.32 Å². The van der Waals surface area contributed by atoms with Gasteiger partial charge in [-0.25, -0.2) is 8.42 Å². The van der Waals surface area contributed by atoms with E-state index in [-0.39, 0.29) is 42.2 Å². The Labute approximate surface area is 209 Å². The maximum absolute atomic E-state index is 13.5. The van der Waals surface area contributed by atoms with Crippen LogP contribution in [0.25, 0.3) is 0 Å². The molecule has 1 aromatic carbocycles. The molecule has 2 fully saturated rings. The molecule has 2 aliphatic carbocycles. The lowest BCUT2D eigenvalue weighted by atomic mass is 10.0. The van der Waals surface area contributed by atoms with Gasteiger partial charge in [0.1, 0.15) is 5.69 Å². The molecule has 0 unspecified atom stereocenters. The highest BCUT2D eigenvalue weighted by Crippen LogP contribution is 2.50. The molecule has 0 bridgehead atoms. The van der Waals surface area contributed by atoms with Gasteiger partial charge >= 0.3 is 0 Å². The van der Waals surface area contributed by atoms with Crippen LogP contribution >= 0.6 is 0 Å². The molecule has 3 aliphatic rings. The van der Waals surface area contributed by atoms with E-state index in [4.69, 9.17) is 5.26 Å². The Balaban J connectivity index is 1.36.